The first-order valence-electron chi connectivity index (χ1n) is 14.3. The van der Waals surface area contributed by atoms with Gasteiger partial charge in [-0.2, -0.15) is 0 Å². The quantitative estimate of drug-likeness (QED) is 0.231. The van der Waals surface area contributed by atoms with Crippen LogP contribution in [0, 0.1) is 0 Å². The zero-order valence-electron chi connectivity index (χ0n) is 23.9. The van der Waals surface area contributed by atoms with E-state index in [1.165, 1.54) is 0 Å². The van der Waals surface area contributed by atoms with Gasteiger partial charge in [0, 0.05) is 23.5 Å². The van der Waals surface area contributed by atoms with E-state index < -0.39 is 16.9 Å². The van der Waals surface area contributed by atoms with E-state index >= 15 is 0 Å². The molecule has 0 saturated heterocycles. The third-order valence-corrected chi connectivity index (χ3v) is 8.92. The van der Waals surface area contributed by atoms with Crippen LogP contribution in [0.4, 0.5) is 11.5 Å². The molecule has 2 aliphatic carbocycles. The predicted molar refractivity (Wildman–Crippen MR) is 153 cm³/mol. The normalized spacial score (nSPS) is 20.3. The summed E-state index contributed by atoms with van der Waals surface area (Å²) in [6.07, 6.45) is 6.38. The average Bonchev–Trinajstić information content (AvgIpc) is 3.68. The minimum absolute atomic E-state index is 0. The van der Waals surface area contributed by atoms with Crippen LogP contribution in [-0.4, -0.2) is 41.4 Å². The van der Waals surface area contributed by atoms with E-state index in [1.807, 2.05) is 60.7 Å². The summed E-state index contributed by atoms with van der Waals surface area (Å²) in [6.45, 7) is 0.578. The number of carboxylic acids is 1. The molecule has 0 unspecified atom stereocenters. The first-order valence-corrected chi connectivity index (χ1v) is 14.3. The molecule has 2 amide bonds. The number of carbonyl (C=O) groups excluding carboxylic acids is 3. The molecule has 2 heterocycles. The van der Waals surface area contributed by atoms with E-state index in [4.69, 9.17) is 0 Å². The number of carboxylic acid groups (broad SMARTS) is 1. The van der Waals surface area contributed by atoms with Gasteiger partial charge in [-0.3, -0.25) is 9.59 Å². The van der Waals surface area contributed by atoms with Crippen molar-refractivity contribution in [2.24, 2.45) is 0 Å². The summed E-state index contributed by atoms with van der Waals surface area (Å²) in [5.41, 5.74) is 3.18. The number of hydrogen-bond donors (Lipinski definition) is 4. The molecule has 2 atom stereocenters. The number of aliphatic carboxylic acids is 1. The van der Waals surface area contributed by atoms with Gasteiger partial charge in [0.05, 0.1) is 23.5 Å². The standard InChI is InChI=1S/C32H35N5O4.K/c38-27(20-34-26(21-7-2-1-3-8-21)12-16-35-32(30(40)41)13-4-5-14-32)36-24-11-10-22-18-31(19-23(22)17-24)25-9-6-15-33-28(25)37-29(31)39;/h1-3,6-11,15,17,26,34-35H,4-5,12-14,16,18-20H2,(H,36,38)(H,40,41)(H,33,37,39);/q;+1/p-1/t26-,31+;/m0./s1. The van der Waals surface area contributed by atoms with Gasteiger partial charge in [-0.05, 0) is 73.5 Å². The van der Waals surface area contributed by atoms with Crippen molar-refractivity contribution in [1.29, 1.82) is 0 Å². The van der Waals surface area contributed by atoms with Gasteiger partial charge in [0.25, 0.3) is 0 Å². The SMILES string of the molecule is O=C(CN[C@@H](CCNC1(C(=O)[O-])CCCC1)c1ccccc1)Nc1ccc2c(c1)C[C@@]1(C2)C(=O)Nc2ncccc21.[K+]. The predicted octanol–water partition coefficient (Wildman–Crippen LogP) is -0.614. The summed E-state index contributed by atoms with van der Waals surface area (Å²) in [4.78, 5) is 42.1. The summed E-state index contributed by atoms with van der Waals surface area (Å²) in [7, 11) is 0. The topological polar surface area (TPSA) is 135 Å². The second-order valence-electron chi connectivity index (χ2n) is 11.5. The second kappa shape index (κ2) is 13.0. The first kappa shape index (κ1) is 31.0. The van der Waals surface area contributed by atoms with Crippen molar-refractivity contribution in [3.05, 3.63) is 89.1 Å². The summed E-state index contributed by atoms with van der Waals surface area (Å²) in [5, 5.41) is 24.3. The van der Waals surface area contributed by atoms with Crippen LogP contribution < -0.4 is 77.8 Å². The van der Waals surface area contributed by atoms with Crippen LogP contribution >= 0.6 is 0 Å². The molecule has 1 saturated carbocycles. The van der Waals surface area contributed by atoms with Gasteiger partial charge >= 0.3 is 51.4 Å². The Bertz CT molecular complexity index is 1480. The van der Waals surface area contributed by atoms with Crippen molar-refractivity contribution in [3.63, 3.8) is 0 Å². The Balaban J connectivity index is 0.00000353. The molecule has 0 radical (unpaired) electrons. The minimum Gasteiger partial charge on any atom is -0.548 e. The molecule has 1 spiro atoms. The Labute approximate surface area is 288 Å². The molecule has 42 heavy (non-hydrogen) atoms. The molecule has 1 fully saturated rings. The fourth-order valence-corrected chi connectivity index (χ4v) is 6.73. The number of amides is 2. The third kappa shape index (κ3) is 6.12. The molecule has 1 aliphatic heterocycles. The Hall–Kier alpha value is -2.44. The van der Waals surface area contributed by atoms with Gasteiger partial charge in [0.15, 0.2) is 0 Å². The van der Waals surface area contributed by atoms with Gasteiger partial charge in [0.2, 0.25) is 11.8 Å². The van der Waals surface area contributed by atoms with Crippen LogP contribution in [0.3, 0.4) is 0 Å². The van der Waals surface area contributed by atoms with E-state index in [2.05, 4.69) is 26.3 Å². The maximum atomic E-state index is 13.0. The van der Waals surface area contributed by atoms with E-state index in [1.54, 1.807) is 6.20 Å². The molecular formula is C32H34KN5O4. The van der Waals surface area contributed by atoms with E-state index in [0.29, 0.717) is 50.2 Å². The largest absolute Gasteiger partial charge is 1.00 e. The number of benzene rings is 2. The summed E-state index contributed by atoms with van der Waals surface area (Å²) in [6, 6.07) is 19.4. The number of fused-ring (bicyclic) bond motifs is 3. The molecule has 0 bridgehead atoms. The average molecular weight is 592 g/mol. The van der Waals surface area contributed by atoms with E-state index in [0.717, 1.165) is 35.1 Å². The van der Waals surface area contributed by atoms with Gasteiger partial charge < -0.3 is 31.2 Å². The molecule has 6 rings (SSSR count). The molecule has 3 aliphatic rings. The monoisotopic (exact) mass is 591 g/mol. The van der Waals surface area contributed by atoms with Crippen LogP contribution in [0.15, 0.2) is 66.9 Å². The smallest absolute Gasteiger partial charge is 0.548 e. The number of nitrogens with zero attached hydrogens (tertiary/aromatic N) is 1. The molecule has 3 aromatic rings. The number of hydrogen-bond acceptors (Lipinski definition) is 7. The van der Waals surface area contributed by atoms with Gasteiger partial charge in [-0.15, -0.1) is 0 Å². The molecule has 9 nitrogen and oxygen atoms in total. The van der Waals surface area contributed by atoms with Crippen molar-refractivity contribution < 1.29 is 70.9 Å². The second-order valence-corrected chi connectivity index (χ2v) is 11.5. The number of anilines is 2. The van der Waals surface area contributed by atoms with Crippen molar-refractivity contribution >= 4 is 29.3 Å². The Kier molecular flexibility index (Phi) is 9.63. The summed E-state index contributed by atoms with van der Waals surface area (Å²) in [5.74, 6) is -0.613. The molecular weight excluding hydrogens is 557 g/mol. The molecule has 2 aromatic carbocycles. The maximum Gasteiger partial charge on any atom is 1.00 e. The zero-order valence-corrected chi connectivity index (χ0v) is 27.0. The molecule has 212 valence electrons. The Morgan fingerprint density at radius 3 is 2.52 bits per heavy atom. The van der Waals surface area contributed by atoms with Crippen LogP contribution in [0.1, 0.15) is 60.4 Å². The molecule has 4 N–H and O–H groups in total. The fourth-order valence-electron chi connectivity index (χ4n) is 6.73. The first-order chi connectivity index (χ1) is 19.9. The Morgan fingerprint density at radius 2 is 1.76 bits per heavy atom. The number of nitrogens with one attached hydrogen (secondary N) is 4. The number of pyridine rings is 1. The van der Waals surface area contributed by atoms with Crippen LogP contribution in [-0.2, 0) is 32.6 Å². The maximum absolute atomic E-state index is 13.0. The van der Waals surface area contributed by atoms with Crippen molar-refractivity contribution in [2.45, 2.75) is 61.9 Å². The number of aromatic nitrogens is 1. The summed E-state index contributed by atoms with van der Waals surface area (Å²) >= 11 is 0. The van der Waals surface area contributed by atoms with Gasteiger partial charge in [-0.1, -0.05) is 55.3 Å². The van der Waals surface area contributed by atoms with Crippen LogP contribution in [0.2, 0.25) is 0 Å². The van der Waals surface area contributed by atoms with Crippen LogP contribution in [0.25, 0.3) is 0 Å². The number of rotatable bonds is 10. The minimum atomic E-state index is -1.03. The molecule has 1 aromatic heterocycles. The zero-order chi connectivity index (χ0) is 28.5. The third-order valence-electron chi connectivity index (χ3n) is 8.92. The van der Waals surface area contributed by atoms with Gasteiger partial charge in [0.1, 0.15) is 5.82 Å². The van der Waals surface area contributed by atoms with E-state index in [-0.39, 0.29) is 75.8 Å². The number of carbonyl (C=O) groups is 3. The van der Waals surface area contributed by atoms with Crippen LogP contribution in [0.5, 0.6) is 0 Å². The van der Waals surface area contributed by atoms with Crippen molar-refractivity contribution in [3.8, 4) is 0 Å². The van der Waals surface area contributed by atoms with E-state index in [9.17, 15) is 19.5 Å². The van der Waals surface area contributed by atoms with Gasteiger partial charge in [-0.25, -0.2) is 4.98 Å². The Morgan fingerprint density at radius 1 is 1.00 bits per heavy atom. The van der Waals surface area contributed by atoms with Crippen molar-refractivity contribution in [2.75, 3.05) is 23.7 Å². The molecule has 10 heteroatoms. The van der Waals surface area contributed by atoms with Crippen molar-refractivity contribution in [1.82, 2.24) is 15.6 Å². The fraction of sp³-hybridized carbons (Fsp3) is 0.375. The summed E-state index contributed by atoms with van der Waals surface area (Å²) < 4.78 is 0.